The first kappa shape index (κ1) is 14.8. The second-order valence-corrected chi connectivity index (χ2v) is 5.15. The van der Waals surface area contributed by atoms with Crippen LogP contribution in [0.3, 0.4) is 0 Å². The molecule has 1 aliphatic rings. The molecule has 0 aromatic heterocycles. The van der Waals surface area contributed by atoms with Crippen molar-refractivity contribution < 1.29 is 9.53 Å². The van der Waals surface area contributed by atoms with Gasteiger partial charge in [0, 0.05) is 18.7 Å². The lowest BCUT2D eigenvalue weighted by molar-refractivity contribution is 0.0972. The maximum Gasteiger partial charge on any atom is 0.257 e. The van der Waals surface area contributed by atoms with Crippen LogP contribution in [0.5, 0.6) is 5.75 Å². The molecule has 1 saturated heterocycles. The average molecular weight is 292 g/mol. The highest BCUT2D eigenvalue weighted by molar-refractivity contribution is 7.80. The summed E-state index contributed by atoms with van der Waals surface area (Å²) in [7, 11) is 0. The summed E-state index contributed by atoms with van der Waals surface area (Å²) >= 11 is 5.30. The van der Waals surface area contributed by atoms with E-state index in [0.29, 0.717) is 23.0 Å². The zero-order chi connectivity index (χ0) is 14.4. The summed E-state index contributed by atoms with van der Waals surface area (Å²) in [5, 5.41) is 3.32. The van der Waals surface area contributed by atoms with E-state index in [1.807, 2.05) is 19.1 Å². The van der Waals surface area contributed by atoms with Gasteiger partial charge in [-0.05, 0) is 56.6 Å². The third-order valence-corrected chi connectivity index (χ3v) is 3.63. The molecule has 1 aliphatic heterocycles. The lowest BCUT2D eigenvalue weighted by Gasteiger charge is -2.28. The Labute approximate surface area is 125 Å². The van der Waals surface area contributed by atoms with Crippen molar-refractivity contribution in [1.82, 2.24) is 10.2 Å². The Morgan fingerprint density at radius 1 is 1.35 bits per heavy atom. The van der Waals surface area contributed by atoms with Crippen LogP contribution in [0.15, 0.2) is 24.3 Å². The first-order valence-electron chi connectivity index (χ1n) is 7.04. The van der Waals surface area contributed by atoms with Gasteiger partial charge in [0.1, 0.15) is 5.75 Å². The largest absolute Gasteiger partial charge is 0.494 e. The molecular formula is C15H20N2O2S. The zero-order valence-corrected chi connectivity index (χ0v) is 12.5. The molecule has 0 spiro atoms. The van der Waals surface area contributed by atoms with Gasteiger partial charge < -0.3 is 9.64 Å². The van der Waals surface area contributed by atoms with Crippen LogP contribution in [0.4, 0.5) is 0 Å². The number of benzene rings is 1. The number of carbonyl (C=O) groups is 1. The molecule has 1 aromatic rings. The molecule has 0 saturated carbocycles. The van der Waals surface area contributed by atoms with E-state index in [0.717, 1.165) is 25.9 Å². The first-order chi connectivity index (χ1) is 9.70. The summed E-state index contributed by atoms with van der Waals surface area (Å²) in [5.41, 5.74) is 0.565. The summed E-state index contributed by atoms with van der Waals surface area (Å²) < 4.78 is 5.39. The Kier molecular flexibility index (Phi) is 5.35. The molecule has 1 N–H and O–H groups in total. The van der Waals surface area contributed by atoms with Crippen molar-refractivity contribution in [1.29, 1.82) is 0 Å². The van der Waals surface area contributed by atoms with Gasteiger partial charge in [0.15, 0.2) is 5.11 Å². The summed E-state index contributed by atoms with van der Waals surface area (Å²) in [6.07, 6.45) is 3.51. The molecule has 5 heteroatoms. The quantitative estimate of drug-likeness (QED) is 0.870. The standard InChI is InChI=1S/C15H20N2O2S/c1-2-19-13-8-6-7-12(11-13)14(18)16-15(20)17-9-4-3-5-10-17/h6-8,11H,2-5,9-10H2,1H3,(H,16,18,20). The molecule has 20 heavy (non-hydrogen) atoms. The van der Waals surface area contributed by atoms with Gasteiger partial charge in [-0.1, -0.05) is 6.07 Å². The number of nitrogens with zero attached hydrogens (tertiary/aromatic N) is 1. The predicted molar refractivity (Wildman–Crippen MR) is 83.1 cm³/mol. The van der Waals surface area contributed by atoms with Crippen molar-refractivity contribution in [2.24, 2.45) is 0 Å². The van der Waals surface area contributed by atoms with E-state index in [9.17, 15) is 4.79 Å². The Balaban J connectivity index is 1.96. The Morgan fingerprint density at radius 2 is 2.10 bits per heavy atom. The van der Waals surface area contributed by atoms with Crippen molar-refractivity contribution in [2.45, 2.75) is 26.2 Å². The molecule has 4 nitrogen and oxygen atoms in total. The van der Waals surface area contributed by atoms with E-state index in [-0.39, 0.29) is 5.91 Å². The van der Waals surface area contributed by atoms with Crippen molar-refractivity contribution in [3.05, 3.63) is 29.8 Å². The highest BCUT2D eigenvalue weighted by Crippen LogP contribution is 2.14. The summed E-state index contributed by atoms with van der Waals surface area (Å²) in [6.45, 7) is 4.35. The number of hydrogen-bond acceptors (Lipinski definition) is 3. The van der Waals surface area contributed by atoms with E-state index in [2.05, 4.69) is 10.2 Å². The van der Waals surface area contributed by atoms with Gasteiger partial charge in [-0.3, -0.25) is 10.1 Å². The van der Waals surface area contributed by atoms with Crippen LogP contribution in [0.1, 0.15) is 36.5 Å². The molecule has 0 bridgehead atoms. The minimum absolute atomic E-state index is 0.179. The maximum absolute atomic E-state index is 12.2. The topological polar surface area (TPSA) is 41.6 Å². The molecule has 108 valence electrons. The van der Waals surface area contributed by atoms with E-state index in [1.165, 1.54) is 6.42 Å². The Morgan fingerprint density at radius 3 is 2.80 bits per heavy atom. The molecule has 1 amide bonds. The van der Waals surface area contributed by atoms with Crippen LogP contribution in [0.2, 0.25) is 0 Å². The molecule has 1 heterocycles. The van der Waals surface area contributed by atoms with Gasteiger partial charge in [0.2, 0.25) is 0 Å². The fraction of sp³-hybridized carbons (Fsp3) is 0.467. The normalized spacial score (nSPS) is 14.8. The first-order valence-corrected chi connectivity index (χ1v) is 7.44. The lowest BCUT2D eigenvalue weighted by atomic mass is 10.1. The second kappa shape index (κ2) is 7.24. The van der Waals surface area contributed by atoms with Gasteiger partial charge in [-0.15, -0.1) is 0 Å². The van der Waals surface area contributed by atoms with E-state index >= 15 is 0 Å². The average Bonchev–Trinajstić information content (AvgIpc) is 2.48. The fourth-order valence-electron chi connectivity index (χ4n) is 2.24. The molecule has 1 fully saturated rings. The second-order valence-electron chi connectivity index (χ2n) is 4.77. The number of thiocarbonyl (C=S) groups is 1. The number of amides is 1. The van der Waals surface area contributed by atoms with Crippen LogP contribution in [0.25, 0.3) is 0 Å². The van der Waals surface area contributed by atoms with E-state index < -0.39 is 0 Å². The molecule has 0 atom stereocenters. The number of ether oxygens (including phenoxy) is 1. The van der Waals surface area contributed by atoms with Gasteiger partial charge >= 0.3 is 0 Å². The highest BCUT2D eigenvalue weighted by atomic mass is 32.1. The van der Waals surface area contributed by atoms with Crippen LogP contribution in [-0.2, 0) is 0 Å². The number of hydrogen-bond donors (Lipinski definition) is 1. The highest BCUT2D eigenvalue weighted by Gasteiger charge is 2.16. The fourth-order valence-corrected chi connectivity index (χ4v) is 2.51. The zero-order valence-electron chi connectivity index (χ0n) is 11.7. The van der Waals surface area contributed by atoms with E-state index in [1.54, 1.807) is 12.1 Å². The van der Waals surface area contributed by atoms with E-state index in [4.69, 9.17) is 17.0 Å². The Hall–Kier alpha value is -1.62. The monoisotopic (exact) mass is 292 g/mol. The minimum Gasteiger partial charge on any atom is -0.494 e. The van der Waals surface area contributed by atoms with Gasteiger partial charge in [-0.25, -0.2) is 0 Å². The van der Waals surface area contributed by atoms with Crippen LogP contribution in [-0.4, -0.2) is 35.6 Å². The molecule has 0 aliphatic carbocycles. The SMILES string of the molecule is CCOc1cccc(C(=O)NC(=S)N2CCCCC2)c1. The minimum atomic E-state index is -0.179. The van der Waals surface area contributed by atoms with Gasteiger partial charge in [-0.2, -0.15) is 0 Å². The predicted octanol–water partition coefficient (Wildman–Crippen LogP) is 2.59. The van der Waals surface area contributed by atoms with Crippen LogP contribution < -0.4 is 10.1 Å². The van der Waals surface area contributed by atoms with Crippen molar-refractivity contribution >= 4 is 23.2 Å². The smallest absolute Gasteiger partial charge is 0.257 e. The lowest BCUT2D eigenvalue weighted by Crippen LogP contribution is -2.44. The third-order valence-electron chi connectivity index (χ3n) is 3.27. The summed E-state index contributed by atoms with van der Waals surface area (Å²) in [5.74, 6) is 0.520. The molecule has 2 rings (SSSR count). The maximum atomic E-state index is 12.2. The number of likely N-dealkylation sites (tertiary alicyclic amines) is 1. The Bertz CT molecular complexity index is 485. The number of nitrogens with one attached hydrogen (secondary N) is 1. The van der Waals surface area contributed by atoms with Gasteiger partial charge in [0.05, 0.1) is 6.61 Å². The van der Waals surface area contributed by atoms with Crippen molar-refractivity contribution in [3.8, 4) is 5.75 Å². The van der Waals surface area contributed by atoms with Gasteiger partial charge in [0.25, 0.3) is 5.91 Å². The summed E-state index contributed by atoms with van der Waals surface area (Å²) in [6, 6.07) is 7.14. The molecule has 1 aromatic carbocycles. The number of rotatable bonds is 3. The summed E-state index contributed by atoms with van der Waals surface area (Å²) in [4.78, 5) is 14.2. The number of carbonyl (C=O) groups excluding carboxylic acids is 1. The van der Waals surface area contributed by atoms with Crippen molar-refractivity contribution in [3.63, 3.8) is 0 Å². The molecule has 0 radical (unpaired) electrons. The van der Waals surface area contributed by atoms with Crippen LogP contribution in [0, 0.1) is 0 Å². The van der Waals surface area contributed by atoms with Crippen LogP contribution >= 0.6 is 12.2 Å². The molecule has 0 unspecified atom stereocenters. The third kappa shape index (κ3) is 3.93. The number of piperidine rings is 1. The van der Waals surface area contributed by atoms with Crippen molar-refractivity contribution in [2.75, 3.05) is 19.7 Å². The molecular weight excluding hydrogens is 272 g/mol.